The number of pyridine rings is 1. The lowest BCUT2D eigenvalue weighted by molar-refractivity contribution is -0.131. The summed E-state index contributed by atoms with van der Waals surface area (Å²) in [5.74, 6) is -0.0532. The number of amides is 1. The smallest absolute Gasteiger partial charge is 0.262 e. The molecule has 1 fully saturated rings. The molecule has 0 radical (unpaired) electrons. The van der Waals surface area contributed by atoms with Crippen LogP contribution in [0.25, 0.3) is 22.2 Å². The summed E-state index contributed by atoms with van der Waals surface area (Å²) in [5, 5.41) is 22.8. The van der Waals surface area contributed by atoms with Crippen LogP contribution < -0.4 is 10.6 Å². The summed E-state index contributed by atoms with van der Waals surface area (Å²) in [4.78, 5) is 16.5. The number of hydrogen-bond acceptors (Lipinski definition) is 5. The summed E-state index contributed by atoms with van der Waals surface area (Å²) in [6, 6.07) is 10.3. The summed E-state index contributed by atoms with van der Waals surface area (Å²) in [6.45, 7) is 3.46. The third-order valence-corrected chi connectivity index (χ3v) is 5.64. The summed E-state index contributed by atoms with van der Waals surface area (Å²) < 4.78 is 2.11. The molecule has 7 heteroatoms. The summed E-state index contributed by atoms with van der Waals surface area (Å²) in [7, 11) is 0. The molecule has 0 unspecified atom stereocenters. The Morgan fingerprint density at radius 2 is 2.00 bits per heavy atom. The molecule has 1 aromatic carbocycles. The van der Waals surface area contributed by atoms with Gasteiger partial charge >= 0.3 is 0 Å². The van der Waals surface area contributed by atoms with Crippen LogP contribution >= 0.6 is 0 Å². The zero-order valence-electron chi connectivity index (χ0n) is 15.1. The molecule has 1 atom stereocenters. The predicted octanol–water partition coefficient (Wildman–Crippen LogP) is 2.18. The van der Waals surface area contributed by atoms with Crippen LogP contribution in [0.5, 0.6) is 0 Å². The number of benzene rings is 1. The Hall–Kier alpha value is -2.77. The molecule has 2 aromatic heterocycles. The molecule has 0 saturated carbocycles. The van der Waals surface area contributed by atoms with Crippen LogP contribution in [0, 0.1) is 0 Å². The second-order valence-electron chi connectivity index (χ2n) is 7.40. The Balaban J connectivity index is 1.74. The number of nitrogens with one attached hydrogen (secondary N) is 2. The van der Waals surface area contributed by atoms with Crippen LogP contribution in [-0.4, -0.2) is 38.9 Å². The molecule has 27 heavy (non-hydrogen) atoms. The van der Waals surface area contributed by atoms with Crippen molar-refractivity contribution in [2.24, 2.45) is 0 Å². The fraction of sp³-hybridized carbons (Fsp3) is 0.350. The van der Waals surface area contributed by atoms with Gasteiger partial charge < -0.3 is 15.7 Å². The van der Waals surface area contributed by atoms with Gasteiger partial charge in [0.2, 0.25) is 0 Å². The van der Waals surface area contributed by atoms with Crippen molar-refractivity contribution in [2.45, 2.75) is 31.4 Å². The van der Waals surface area contributed by atoms with Crippen molar-refractivity contribution < 1.29 is 9.90 Å². The molecule has 7 nitrogen and oxygen atoms in total. The highest BCUT2D eigenvalue weighted by atomic mass is 16.3. The monoisotopic (exact) mass is 363 g/mol. The Labute approximate surface area is 156 Å². The molecule has 0 bridgehead atoms. The number of carbonyl (C=O) groups is 1. The van der Waals surface area contributed by atoms with E-state index in [4.69, 9.17) is 5.10 Å². The van der Waals surface area contributed by atoms with Gasteiger partial charge in [0.25, 0.3) is 5.91 Å². The fourth-order valence-electron chi connectivity index (χ4n) is 4.21. The van der Waals surface area contributed by atoms with Crippen molar-refractivity contribution in [3.05, 3.63) is 42.1 Å². The van der Waals surface area contributed by atoms with E-state index >= 15 is 0 Å². The lowest BCUT2D eigenvalue weighted by Gasteiger charge is -2.23. The molecule has 2 aliphatic rings. The van der Waals surface area contributed by atoms with Crippen molar-refractivity contribution in [2.75, 3.05) is 18.4 Å². The highest BCUT2D eigenvalue weighted by molar-refractivity contribution is 6.07. The van der Waals surface area contributed by atoms with Crippen molar-refractivity contribution in [3.8, 4) is 11.3 Å². The number of anilines is 1. The van der Waals surface area contributed by atoms with E-state index in [1.165, 1.54) is 6.92 Å². The molecule has 1 saturated heterocycles. The van der Waals surface area contributed by atoms with Crippen molar-refractivity contribution in [3.63, 3.8) is 0 Å². The third-order valence-electron chi connectivity index (χ3n) is 5.64. The SMILES string of the molecule is C[C@]1(O)C(=O)Nc2nccc(-c3nn(C4CCNCC4)c4ccccc34)c21. The van der Waals surface area contributed by atoms with Gasteiger partial charge in [-0.25, -0.2) is 4.98 Å². The quantitative estimate of drug-likeness (QED) is 0.649. The van der Waals surface area contributed by atoms with E-state index in [1.807, 2.05) is 24.3 Å². The number of carbonyl (C=O) groups excluding carboxylic acids is 1. The topological polar surface area (TPSA) is 92.1 Å². The predicted molar refractivity (Wildman–Crippen MR) is 102 cm³/mol. The van der Waals surface area contributed by atoms with E-state index in [1.54, 1.807) is 6.20 Å². The Morgan fingerprint density at radius 3 is 2.81 bits per heavy atom. The van der Waals surface area contributed by atoms with Crippen molar-refractivity contribution in [1.82, 2.24) is 20.1 Å². The van der Waals surface area contributed by atoms with Gasteiger partial charge in [-0.2, -0.15) is 5.10 Å². The largest absolute Gasteiger partial charge is 0.375 e. The first-order valence-corrected chi connectivity index (χ1v) is 9.29. The number of aromatic nitrogens is 3. The van der Waals surface area contributed by atoms with Gasteiger partial charge in [0.15, 0.2) is 5.60 Å². The van der Waals surface area contributed by atoms with Crippen molar-refractivity contribution in [1.29, 1.82) is 0 Å². The van der Waals surface area contributed by atoms with Crippen LogP contribution in [0.2, 0.25) is 0 Å². The standard InChI is InChI=1S/C20H21N5O2/c1-20(27)16-14(8-11-22-18(16)23-19(20)26)17-13-4-2-3-5-15(13)25(24-17)12-6-9-21-10-7-12/h2-5,8,11-12,21,27H,6-7,9-10H2,1H3,(H,22,23,26)/t20-/m1/s1. The number of aliphatic hydroxyl groups is 1. The molecule has 5 rings (SSSR count). The van der Waals surface area contributed by atoms with Gasteiger partial charge in [-0.3, -0.25) is 9.48 Å². The van der Waals surface area contributed by atoms with Crippen LogP contribution in [0.3, 0.4) is 0 Å². The summed E-state index contributed by atoms with van der Waals surface area (Å²) >= 11 is 0. The maximum atomic E-state index is 12.2. The maximum Gasteiger partial charge on any atom is 0.262 e. The molecular weight excluding hydrogens is 342 g/mol. The molecule has 0 aliphatic carbocycles. The second-order valence-corrected chi connectivity index (χ2v) is 7.40. The normalized spacial score (nSPS) is 22.8. The van der Waals surface area contributed by atoms with Crippen LogP contribution in [0.4, 0.5) is 5.82 Å². The molecule has 4 heterocycles. The minimum Gasteiger partial charge on any atom is -0.375 e. The van der Waals surface area contributed by atoms with E-state index in [2.05, 4.69) is 26.4 Å². The Bertz CT molecular complexity index is 1050. The minimum absolute atomic E-state index is 0.333. The van der Waals surface area contributed by atoms with Gasteiger partial charge in [0, 0.05) is 22.7 Å². The van der Waals surface area contributed by atoms with Gasteiger partial charge in [-0.05, 0) is 45.0 Å². The molecule has 1 amide bonds. The Morgan fingerprint density at radius 1 is 1.22 bits per heavy atom. The number of hydrogen-bond donors (Lipinski definition) is 3. The first kappa shape index (κ1) is 16.4. The van der Waals surface area contributed by atoms with Gasteiger partial charge in [0.05, 0.1) is 11.6 Å². The minimum atomic E-state index is -1.63. The third kappa shape index (κ3) is 2.39. The first-order valence-electron chi connectivity index (χ1n) is 9.29. The van der Waals surface area contributed by atoms with E-state index < -0.39 is 11.5 Å². The first-order chi connectivity index (χ1) is 13.1. The van der Waals surface area contributed by atoms with Crippen LogP contribution in [-0.2, 0) is 10.4 Å². The number of para-hydroxylation sites is 1. The van der Waals surface area contributed by atoms with E-state index in [9.17, 15) is 9.90 Å². The fourth-order valence-corrected chi connectivity index (χ4v) is 4.21. The molecule has 3 aromatic rings. The lowest BCUT2D eigenvalue weighted by atomic mass is 9.92. The number of rotatable bonds is 2. The summed E-state index contributed by atoms with van der Waals surface area (Å²) in [6.07, 6.45) is 3.70. The average molecular weight is 363 g/mol. The second kappa shape index (κ2) is 5.87. The van der Waals surface area contributed by atoms with Gasteiger partial charge in [-0.1, -0.05) is 18.2 Å². The van der Waals surface area contributed by atoms with Crippen molar-refractivity contribution >= 4 is 22.6 Å². The van der Waals surface area contributed by atoms with E-state index in [-0.39, 0.29) is 0 Å². The molecule has 3 N–H and O–H groups in total. The highest BCUT2D eigenvalue weighted by Crippen LogP contribution is 2.42. The lowest BCUT2D eigenvalue weighted by Crippen LogP contribution is -2.30. The molecular formula is C20H21N5O2. The van der Waals surface area contributed by atoms with Crippen LogP contribution in [0.1, 0.15) is 31.4 Å². The maximum absolute atomic E-state index is 12.2. The van der Waals surface area contributed by atoms with Crippen LogP contribution in [0.15, 0.2) is 36.5 Å². The summed E-state index contributed by atoms with van der Waals surface area (Å²) in [5.41, 5.74) is 1.46. The average Bonchev–Trinajstić information content (AvgIpc) is 3.18. The molecule has 138 valence electrons. The van der Waals surface area contributed by atoms with E-state index in [0.29, 0.717) is 17.4 Å². The molecule has 0 spiro atoms. The zero-order chi connectivity index (χ0) is 18.6. The highest BCUT2D eigenvalue weighted by Gasteiger charge is 2.44. The molecule has 2 aliphatic heterocycles. The Kier molecular flexibility index (Phi) is 3.57. The number of piperidine rings is 1. The van der Waals surface area contributed by atoms with Gasteiger partial charge in [0.1, 0.15) is 11.5 Å². The van der Waals surface area contributed by atoms with E-state index in [0.717, 1.165) is 48.1 Å². The van der Waals surface area contributed by atoms with Gasteiger partial charge in [-0.15, -0.1) is 0 Å². The number of fused-ring (bicyclic) bond motifs is 2. The zero-order valence-corrected chi connectivity index (χ0v) is 15.1. The number of nitrogens with zero attached hydrogens (tertiary/aromatic N) is 3.